The zero-order valence-corrected chi connectivity index (χ0v) is 11.8. The number of phenolic OH excluding ortho intramolecular Hbond substituents is 1. The molecule has 3 rings (SSSR count). The van der Waals surface area contributed by atoms with Crippen LogP contribution in [0.3, 0.4) is 0 Å². The van der Waals surface area contributed by atoms with Crippen molar-refractivity contribution in [2.24, 2.45) is 5.73 Å². The molecule has 2 aliphatic rings. The minimum Gasteiger partial charge on any atom is -0.507 e. The van der Waals surface area contributed by atoms with Gasteiger partial charge < -0.3 is 15.7 Å². The zero-order valence-electron chi connectivity index (χ0n) is 11.8. The third-order valence-corrected chi connectivity index (χ3v) is 5.14. The van der Waals surface area contributed by atoms with Crippen LogP contribution in [0.4, 0.5) is 5.69 Å². The molecule has 1 aromatic carbocycles. The Labute approximate surface area is 115 Å². The van der Waals surface area contributed by atoms with Crippen LogP contribution in [0.5, 0.6) is 5.75 Å². The Balaban J connectivity index is 2.05. The van der Waals surface area contributed by atoms with Gasteiger partial charge in [-0.15, -0.1) is 0 Å². The van der Waals surface area contributed by atoms with Crippen molar-refractivity contribution in [3.63, 3.8) is 0 Å². The average Bonchev–Trinajstić information content (AvgIpc) is 2.83. The Kier molecular flexibility index (Phi) is 3.17. The van der Waals surface area contributed by atoms with E-state index in [1.807, 2.05) is 0 Å². The van der Waals surface area contributed by atoms with E-state index in [1.54, 1.807) is 0 Å². The van der Waals surface area contributed by atoms with Gasteiger partial charge in [0, 0.05) is 42.4 Å². The first-order chi connectivity index (χ1) is 9.18. The van der Waals surface area contributed by atoms with Crippen LogP contribution in [-0.2, 0) is 11.8 Å². The van der Waals surface area contributed by atoms with Crippen molar-refractivity contribution in [3.05, 3.63) is 23.3 Å². The molecule has 0 aromatic heterocycles. The number of rotatable bonds is 2. The highest BCUT2D eigenvalue weighted by Crippen LogP contribution is 2.46. The lowest BCUT2D eigenvalue weighted by molar-refractivity contribution is 0.290. The smallest absolute Gasteiger partial charge is 0.124 e. The van der Waals surface area contributed by atoms with E-state index in [1.165, 1.54) is 24.9 Å². The first-order valence-electron chi connectivity index (χ1n) is 7.44. The van der Waals surface area contributed by atoms with Crippen LogP contribution in [0.25, 0.3) is 0 Å². The third-order valence-electron chi connectivity index (χ3n) is 5.14. The maximum Gasteiger partial charge on any atom is 0.124 e. The van der Waals surface area contributed by atoms with Gasteiger partial charge in [0.05, 0.1) is 0 Å². The molecule has 0 saturated heterocycles. The van der Waals surface area contributed by atoms with Crippen molar-refractivity contribution in [1.29, 1.82) is 0 Å². The molecule has 0 amide bonds. The highest BCUT2D eigenvalue weighted by atomic mass is 16.3. The maximum atomic E-state index is 10.7. The Bertz CT molecular complexity index is 478. The number of aromatic hydroxyl groups is 1. The monoisotopic (exact) mass is 260 g/mol. The molecule has 1 saturated carbocycles. The van der Waals surface area contributed by atoms with Gasteiger partial charge in [-0.25, -0.2) is 0 Å². The van der Waals surface area contributed by atoms with Crippen molar-refractivity contribution < 1.29 is 5.11 Å². The summed E-state index contributed by atoms with van der Waals surface area (Å²) in [6, 6.07) is 4.29. The molecular formula is C16H24N2O. The molecule has 0 atom stereocenters. The SMILES string of the molecule is CN1CCc2c1ccc(C1(CN)CCCCC1)c2O. The maximum absolute atomic E-state index is 10.7. The molecule has 1 aliphatic carbocycles. The molecular weight excluding hydrogens is 236 g/mol. The van der Waals surface area contributed by atoms with Crippen LogP contribution >= 0.6 is 0 Å². The standard InChI is InChI=1S/C16H24N2O/c1-18-10-7-12-14(18)6-5-13(15(12)19)16(11-17)8-3-2-4-9-16/h5-6,19H,2-4,7-11,17H2,1H3. The van der Waals surface area contributed by atoms with Crippen LogP contribution in [0.15, 0.2) is 12.1 Å². The molecule has 3 nitrogen and oxygen atoms in total. The van der Waals surface area contributed by atoms with E-state index in [-0.39, 0.29) is 5.41 Å². The molecule has 0 radical (unpaired) electrons. The molecule has 1 aromatic rings. The zero-order chi connectivity index (χ0) is 13.5. The summed E-state index contributed by atoms with van der Waals surface area (Å²) in [5.74, 6) is 0.522. The van der Waals surface area contributed by atoms with E-state index in [9.17, 15) is 5.11 Å². The number of benzene rings is 1. The van der Waals surface area contributed by atoms with E-state index < -0.39 is 0 Å². The molecule has 1 fully saturated rings. The number of nitrogens with two attached hydrogens (primary N) is 1. The Morgan fingerprint density at radius 1 is 1.26 bits per heavy atom. The minimum absolute atomic E-state index is 0.0124. The van der Waals surface area contributed by atoms with Crippen molar-refractivity contribution in [2.75, 3.05) is 25.0 Å². The summed E-state index contributed by atoms with van der Waals surface area (Å²) in [4.78, 5) is 2.22. The van der Waals surface area contributed by atoms with Gasteiger partial charge in [-0.1, -0.05) is 25.3 Å². The second-order valence-electron chi connectivity index (χ2n) is 6.18. The summed E-state index contributed by atoms with van der Waals surface area (Å²) < 4.78 is 0. The Hall–Kier alpha value is -1.22. The summed E-state index contributed by atoms with van der Waals surface area (Å²) in [6.45, 7) is 1.65. The summed E-state index contributed by atoms with van der Waals surface area (Å²) in [6.07, 6.45) is 6.95. The number of nitrogens with zero attached hydrogens (tertiary/aromatic N) is 1. The lowest BCUT2D eigenvalue weighted by Gasteiger charge is -2.37. The van der Waals surface area contributed by atoms with Gasteiger partial charge in [0.1, 0.15) is 5.75 Å². The van der Waals surface area contributed by atoms with Crippen molar-refractivity contribution in [2.45, 2.75) is 43.9 Å². The predicted molar refractivity (Wildman–Crippen MR) is 78.9 cm³/mol. The summed E-state index contributed by atoms with van der Waals surface area (Å²) in [7, 11) is 2.09. The first-order valence-corrected chi connectivity index (χ1v) is 7.44. The number of hydrogen-bond donors (Lipinski definition) is 2. The molecule has 0 unspecified atom stereocenters. The third kappa shape index (κ3) is 1.91. The predicted octanol–water partition coefficient (Wildman–Crippen LogP) is 2.55. The van der Waals surface area contributed by atoms with Gasteiger partial charge in [0.2, 0.25) is 0 Å². The van der Waals surface area contributed by atoms with E-state index in [0.717, 1.165) is 36.9 Å². The molecule has 0 spiro atoms. The topological polar surface area (TPSA) is 49.5 Å². The fraction of sp³-hybridized carbons (Fsp3) is 0.625. The number of phenols is 1. The van der Waals surface area contributed by atoms with Crippen molar-refractivity contribution >= 4 is 5.69 Å². The first kappa shape index (κ1) is 12.8. The quantitative estimate of drug-likeness (QED) is 0.859. The van der Waals surface area contributed by atoms with Crippen LogP contribution < -0.4 is 10.6 Å². The largest absolute Gasteiger partial charge is 0.507 e. The summed E-state index contributed by atoms with van der Waals surface area (Å²) >= 11 is 0. The van der Waals surface area contributed by atoms with Gasteiger partial charge in [-0.3, -0.25) is 0 Å². The number of fused-ring (bicyclic) bond motifs is 1. The van der Waals surface area contributed by atoms with Crippen molar-refractivity contribution in [1.82, 2.24) is 0 Å². The fourth-order valence-electron chi connectivity index (χ4n) is 3.87. The van der Waals surface area contributed by atoms with Gasteiger partial charge in [-0.2, -0.15) is 0 Å². The second kappa shape index (κ2) is 4.71. The Morgan fingerprint density at radius 3 is 2.68 bits per heavy atom. The van der Waals surface area contributed by atoms with Gasteiger partial charge in [0.15, 0.2) is 0 Å². The lowest BCUT2D eigenvalue weighted by Crippen LogP contribution is -2.37. The van der Waals surface area contributed by atoms with E-state index >= 15 is 0 Å². The van der Waals surface area contributed by atoms with Crippen LogP contribution in [-0.4, -0.2) is 25.2 Å². The van der Waals surface area contributed by atoms with E-state index in [2.05, 4.69) is 24.1 Å². The molecule has 3 heteroatoms. The summed E-state index contributed by atoms with van der Waals surface area (Å²) in [5, 5.41) is 10.7. The number of anilines is 1. The highest BCUT2D eigenvalue weighted by molar-refractivity contribution is 5.65. The Morgan fingerprint density at radius 2 is 2.00 bits per heavy atom. The molecule has 1 aliphatic heterocycles. The average molecular weight is 260 g/mol. The molecule has 104 valence electrons. The van der Waals surface area contributed by atoms with E-state index in [0.29, 0.717) is 12.3 Å². The molecule has 0 bridgehead atoms. The fourth-order valence-corrected chi connectivity index (χ4v) is 3.87. The van der Waals surface area contributed by atoms with Crippen molar-refractivity contribution in [3.8, 4) is 5.75 Å². The molecule has 19 heavy (non-hydrogen) atoms. The number of hydrogen-bond acceptors (Lipinski definition) is 3. The van der Waals surface area contributed by atoms with Crippen LogP contribution in [0, 0.1) is 0 Å². The van der Waals surface area contributed by atoms with Crippen LogP contribution in [0.1, 0.15) is 43.2 Å². The molecule has 3 N–H and O–H groups in total. The van der Waals surface area contributed by atoms with Crippen LogP contribution in [0.2, 0.25) is 0 Å². The normalized spacial score (nSPS) is 21.5. The second-order valence-corrected chi connectivity index (χ2v) is 6.18. The van der Waals surface area contributed by atoms with E-state index in [4.69, 9.17) is 5.73 Å². The summed E-state index contributed by atoms with van der Waals surface area (Å²) in [5.41, 5.74) is 9.51. The number of likely N-dealkylation sites (N-methyl/N-ethyl adjacent to an activating group) is 1. The van der Waals surface area contributed by atoms with Gasteiger partial charge in [0.25, 0.3) is 0 Å². The van der Waals surface area contributed by atoms with Gasteiger partial charge >= 0.3 is 0 Å². The molecule has 1 heterocycles. The van der Waals surface area contributed by atoms with Gasteiger partial charge in [-0.05, 0) is 25.3 Å². The lowest BCUT2D eigenvalue weighted by atomic mass is 9.69. The highest BCUT2D eigenvalue weighted by Gasteiger charge is 2.36. The minimum atomic E-state index is 0.0124.